The van der Waals surface area contributed by atoms with Crippen LogP contribution in [0.4, 0.5) is 5.69 Å². The number of benzene rings is 1. The van der Waals surface area contributed by atoms with Crippen LogP contribution < -0.4 is 10.9 Å². The molecule has 0 atom stereocenters. The second-order valence-electron chi connectivity index (χ2n) is 6.99. The number of anilines is 1. The molecule has 0 radical (unpaired) electrons. The van der Waals surface area contributed by atoms with Crippen LogP contribution in [-0.4, -0.2) is 10.9 Å². The number of ether oxygens (including phenoxy) is 1. The third-order valence-electron chi connectivity index (χ3n) is 4.83. The number of carbonyl (C=O) groups is 1. The summed E-state index contributed by atoms with van der Waals surface area (Å²) in [5, 5.41) is 12.0. The summed E-state index contributed by atoms with van der Waals surface area (Å²) >= 11 is 0. The number of hydrogen-bond donors (Lipinski definition) is 2. The third kappa shape index (κ3) is 5.25. The van der Waals surface area contributed by atoms with Crippen LogP contribution in [0.2, 0.25) is 0 Å². The molecule has 0 saturated heterocycles. The van der Waals surface area contributed by atoms with E-state index in [1.165, 1.54) is 0 Å². The van der Waals surface area contributed by atoms with Gasteiger partial charge in [-0.05, 0) is 61.2 Å². The van der Waals surface area contributed by atoms with Crippen molar-refractivity contribution in [3.05, 3.63) is 86.7 Å². The number of carbonyl (C=O) groups excluding carboxylic acids is 1. The Labute approximate surface area is 174 Å². The Balaban J connectivity index is 1.56. The van der Waals surface area contributed by atoms with Crippen molar-refractivity contribution >= 4 is 11.6 Å². The molecule has 1 amide bonds. The molecule has 154 valence electrons. The van der Waals surface area contributed by atoms with Crippen LogP contribution in [0.25, 0.3) is 0 Å². The van der Waals surface area contributed by atoms with E-state index in [2.05, 4.69) is 10.3 Å². The Bertz CT molecular complexity index is 1120. The molecule has 2 N–H and O–H groups in total. The van der Waals surface area contributed by atoms with Crippen molar-refractivity contribution in [2.45, 2.75) is 39.9 Å². The fourth-order valence-electron chi connectivity index (χ4n) is 3.29. The Kier molecular flexibility index (Phi) is 6.83. The van der Waals surface area contributed by atoms with Crippen molar-refractivity contribution in [2.75, 3.05) is 5.32 Å². The molecule has 7 nitrogen and oxygen atoms in total. The Morgan fingerprint density at radius 3 is 2.80 bits per heavy atom. The highest BCUT2D eigenvalue weighted by atomic mass is 16.5. The number of nitriles is 1. The molecule has 3 rings (SSSR count). The van der Waals surface area contributed by atoms with Crippen LogP contribution in [0.3, 0.4) is 0 Å². The van der Waals surface area contributed by atoms with Crippen molar-refractivity contribution in [1.82, 2.24) is 4.98 Å². The van der Waals surface area contributed by atoms with Gasteiger partial charge in [0.1, 0.15) is 24.0 Å². The Hall–Kier alpha value is -3.63. The van der Waals surface area contributed by atoms with Gasteiger partial charge in [0, 0.05) is 17.8 Å². The molecule has 0 bridgehead atoms. The summed E-state index contributed by atoms with van der Waals surface area (Å²) in [6.45, 7) is 4.29. The van der Waals surface area contributed by atoms with E-state index in [0.29, 0.717) is 36.6 Å². The van der Waals surface area contributed by atoms with Crippen LogP contribution in [0.15, 0.2) is 51.9 Å². The lowest BCUT2D eigenvalue weighted by Gasteiger charge is -2.11. The number of amides is 1. The van der Waals surface area contributed by atoms with Gasteiger partial charge in [-0.25, -0.2) is 0 Å². The number of nitrogens with one attached hydrogen (secondary N) is 2. The van der Waals surface area contributed by atoms with Crippen LogP contribution in [0.5, 0.6) is 0 Å². The van der Waals surface area contributed by atoms with E-state index < -0.39 is 5.56 Å². The standard InChI is InChI=1S/C23H23N3O4/c1-15-20(16(2)25-23(28)21(15)12-24)8-9-22(27)26-18-6-3-5-17(11-18)13-29-14-19-7-4-10-30-19/h3-7,10-11H,8-9,13-14H2,1-2H3,(H,25,28)(H,26,27). The number of pyridine rings is 1. The predicted octanol–water partition coefficient (Wildman–Crippen LogP) is 3.74. The van der Waals surface area contributed by atoms with E-state index in [4.69, 9.17) is 14.4 Å². The van der Waals surface area contributed by atoms with Crippen molar-refractivity contribution in [1.29, 1.82) is 5.26 Å². The van der Waals surface area contributed by atoms with Crippen LogP contribution in [0.1, 0.15) is 40.1 Å². The smallest absolute Gasteiger partial charge is 0.266 e. The normalized spacial score (nSPS) is 10.6. The molecular formula is C23H23N3O4. The molecule has 0 aliphatic rings. The lowest BCUT2D eigenvalue weighted by Crippen LogP contribution is -2.18. The number of H-pyrrole nitrogens is 1. The van der Waals surface area contributed by atoms with E-state index in [-0.39, 0.29) is 17.9 Å². The summed E-state index contributed by atoms with van der Waals surface area (Å²) in [5.41, 5.74) is 3.45. The summed E-state index contributed by atoms with van der Waals surface area (Å²) in [4.78, 5) is 26.9. The molecule has 30 heavy (non-hydrogen) atoms. The zero-order valence-electron chi connectivity index (χ0n) is 17.0. The fourth-order valence-corrected chi connectivity index (χ4v) is 3.29. The molecule has 1 aromatic carbocycles. The summed E-state index contributed by atoms with van der Waals surface area (Å²) in [7, 11) is 0. The average Bonchev–Trinajstić information content (AvgIpc) is 3.21. The van der Waals surface area contributed by atoms with E-state index in [9.17, 15) is 9.59 Å². The molecule has 3 aromatic rings. The van der Waals surface area contributed by atoms with Gasteiger partial charge in [-0.1, -0.05) is 12.1 Å². The van der Waals surface area contributed by atoms with Gasteiger partial charge in [-0.15, -0.1) is 0 Å². The molecule has 0 aliphatic carbocycles. The summed E-state index contributed by atoms with van der Waals surface area (Å²) in [6, 6.07) is 13.1. The van der Waals surface area contributed by atoms with Gasteiger partial charge in [0.05, 0.1) is 12.9 Å². The number of hydrogen-bond acceptors (Lipinski definition) is 5. The highest BCUT2D eigenvalue weighted by molar-refractivity contribution is 5.90. The molecule has 7 heteroatoms. The molecule has 0 spiro atoms. The first-order valence-electron chi connectivity index (χ1n) is 9.59. The number of aromatic nitrogens is 1. The first kappa shape index (κ1) is 21.1. The molecular weight excluding hydrogens is 382 g/mol. The van der Waals surface area contributed by atoms with E-state index in [1.54, 1.807) is 20.1 Å². The zero-order chi connectivity index (χ0) is 21.5. The first-order valence-corrected chi connectivity index (χ1v) is 9.59. The van der Waals surface area contributed by atoms with Crippen LogP contribution in [-0.2, 0) is 29.2 Å². The van der Waals surface area contributed by atoms with Gasteiger partial charge in [-0.3, -0.25) is 9.59 Å². The van der Waals surface area contributed by atoms with Gasteiger partial charge in [0.15, 0.2) is 0 Å². The predicted molar refractivity (Wildman–Crippen MR) is 112 cm³/mol. The van der Waals surface area contributed by atoms with Gasteiger partial charge in [0.25, 0.3) is 5.56 Å². The average molecular weight is 405 g/mol. The number of nitrogens with zero attached hydrogens (tertiary/aromatic N) is 1. The molecule has 0 aliphatic heterocycles. The van der Waals surface area contributed by atoms with Crippen LogP contribution in [0, 0.1) is 25.2 Å². The van der Waals surface area contributed by atoms with Gasteiger partial charge >= 0.3 is 0 Å². The number of aromatic amines is 1. The minimum absolute atomic E-state index is 0.0956. The maximum atomic E-state index is 12.4. The maximum absolute atomic E-state index is 12.4. The number of rotatable bonds is 8. The minimum atomic E-state index is -0.396. The summed E-state index contributed by atoms with van der Waals surface area (Å²) in [5.74, 6) is 0.610. The first-order chi connectivity index (χ1) is 14.5. The Morgan fingerprint density at radius 1 is 1.23 bits per heavy atom. The molecule has 0 fully saturated rings. The van der Waals surface area contributed by atoms with Crippen molar-refractivity contribution in [3.8, 4) is 6.07 Å². The van der Waals surface area contributed by atoms with Crippen LogP contribution >= 0.6 is 0 Å². The second-order valence-corrected chi connectivity index (χ2v) is 6.99. The number of furan rings is 1. The van der Waals surface area contributed by atoms with Gasteiger partial charge in [0.2, 0.25) is 5.91 Å². The highest BCUT2D eigenvalue weighted by Gasteiger charge is 2.13. The topological polar surface area (TPSA) is 108 Å². The summed E-state index contributed by atoms with van der Waals surface area (Å²) in [6.07, 6.45) is 2.27. The highest BCUT2D eigenvalue weighted by Crippen LogP contribution is 2.17. The summed E-state index contributed by atoms with van der Waals surface area (Å²) < 4.78 is 10.9. The lowest BCUT2D eigenvalue weighted by atomic mass is 9.99. The molecule has 2 heterocycles. The zero-order valence-corrected chi connectivity index (χ0v) is 17.0. The van der Waals surface area contributed by atoms with Crippen molar-refractivity contribution < 1.29 is 13.9 Å². The van der Waals surface area contributed by atoms with E-state index in [0.717, 1.165) is 16.9 Å². The third-order valence-corrected chi connectivity index (χ3v) is 4.83. The SMILES string of the molecule is Cc1[nH]c(=O)c(C#N)c(C)c1CCC(=O)Nc1cccc(COCc2ccco2)c1. The maximum Gasteiger partial charge on any atom is 0.266 e. The van der Waals surface area contributed by atoms with Crippen molar-refractivity contribution in [3.63, 3.8) is 0 Å². The lowest BCUT2D eigenvalue weighted by molar-refractivity contribution is -0.116. The fraction of sp³-hybridized carbons (Fsp3) is 0.261. The second kappa shape index (κ2) is 9.72. The Morgan fingerprint density at radius 2 is 2.07 bits per heavy atom. The van der Waals surface area contributed by atoms with E-state index in [1.807, 2.05) is 42.5 Å². The quantitative estimate of drug-likeness (QED) is 0.593. The molecule has 2 aromatic heterocycles. The largest absolute Gasteiger partial charge is 0.467 e. The molecule has 0 saturated carbocycles. The molecule has 0 unspecified atom stereocenters. The monoisotopic (exact) mass is 405 g/mol. The van der Waals surface area contributed by atoms with Crippen molar-refractivity contribution in [2.24, 2.45) is 0 Å². The van der Waals surface area contributed by atoms with Gasteiger partial charge < -0.3 is 19.5 Å². The number of aryl methyl sites for hydroxylation is 1. The van der Waals surface area contributed by atoms with E-state index >= 15 is 0 Å². The minimum Gasteiger partial charge on any atom is -0.467 e. The van der Waals surface area contributed by atoms with Gasteiger partial charge in [-0.2, -0.15) is 5.26 Å².